The Morgan fingerprint density at radius 2 is 2.35 bits per heavy atom. The Hall–Kier alpha value is -2.83. The zero-order valence-electron chi connectivity index (χ0n) is 10.7. The van der Waals surface area contributed by atoms with Crippen LogP contribution in [-0.2, 0) is 6.54 Å². The Labute approximate surface area is 113 Å². The summed E-state index contributed by atoms with van der Waals surface area (Å²) in [6, 6.07) is 4.97. The van der Waals surface area contributed by atoms with E-state index in [-0.39, 0.29) is 5.76 Å². The number of rotatable bonds is 4. The van der Waals surface area contributed by atoms with Gasteiger partial charge in [-0.1, -0.05) is 0 Å². The third kappa shape index (κ3) is 2.20. The minimum Gasteiger partial charge on any atom is -0.475 e. The van der Waals surface area contributed by atoms with Gasteiger partial charge < -0.3 is 14.8 Å². The van der Waals surface area contributed by atoms with Crippen LogP contribution >= 0.6 is 0 Å². The van der Waals surface area contributed by atoms with Crippen molar-refractivity contribution in [1.29, 1.82) is 0 Å². The summed E-state index contributed by atoms with van der Waals surface area (Å²) < 4.78 is 6.90. The average Bonchev–Trinajstić information content (AvgIpc) is 3.01. The van der Waals surface area contributed by atoms with Crippen molar-refractivity contribution in [2.45, 2.75) is 13.5 Å². The first-order chi connectivity index (χ1) is 9.63. The predicted molar refractivity (Wildman–Crippen MR) is 70.7 cm³/mol. The molecule has 0 atom stereocenters. The van der Waals surface area contributed by atoms with Gasteiger partial charge in [0.25, 0.3) is 0 Å². The molecule has 0 aromatic carbocycles. The molecular weight excluding hydrogens is 260 g/mol. The minimum absolute atomic E-state index is 0.0758. The summed E-state index contributed by atoms with van der Waals surface area (Å²) in [5, 5.41) is 16.2. The summed E-state index contributed by atoms with van der Waals surface area (Å²) in [4.78, 5) is 15.0. The van der Waals surface area contributed by atoms with Gasteiger partial charge in [0.15, 0.2) is 5.82 Å². The molecule has 0 fully saturated rings. The molecule has 3 rings (SSSR count). The molecular formula is C13H12N4O3. The number of carboxylic acid groups (broad SMARTS) is 1. The van der Waals surface area contributed by atoms with Crippen molar-refractivity contribution in [2.75, 3.05) is 5.32 Å². The van der Waals surface area contributed by atoms with E-state index in [0.717, 1.165) is 11.2 Å². The van der Waals surface area contributed by atoms with Crippen molar-refractivity contribution < 1.29 is 14.3 Å². The van der Waals surface area contributed by atoms with Gasteiger partial charge in [-0.2, -0.15) is 5.10 Å². The van der Waals surface area contributed by atoms with E-state index in [2.05, 4.69) is 15.4 Å². The SMILES string of the molecule is Cc1cc2c(NCc3ccc(C(=O)O)o3)nccn2n1. The molecule has 7 nitrogen and oxygen atoms in total. The second-order valence-corrected chi connectivity index (χ2v) is 4.32. The van der Waals surface area contributed by atoms with Crippen LogP contribution in [0.25, 0.3) is 5.52 Å². The standard InChI is InChI=1S/C13H12N4O3/c1-8-6-10-12(14-4-5-17(10)16-8)15-7-9-2-3-11(20-9)13(18)19/h2-6H,7H2,1H3,(H,14,15)(H,18,19). The van der Waals surface area contributed by atoms with Crippen molar-refractivity contribution in [3.63, 3.8) is 0 Å². The summed E-state index contributed by atoms with van der Waals surface area (Å²) in [6.07, 6.45) is 3.41. The average molecular weight is 272 g/mol. The van der Waals surface area contributed by atoms with E-state index in [1.54, 1.807) is 23.0 Å². The van der Waals surface area contributed by atoms with Crippen LogP contribution in [0.5, 0.6) is 0 Å². The van der Waals surface area contributed by atoms with Crippen LogP contribution in [0.15, 0.2) is 35.0 Å². The van der Waals surface area contributed by atoms with Gasteiger partial charge in [-0.25, -0.2) is 14.3 Å². The van der Waals surface area contributed by atoms with E-state index in [0.29, 0.717) is 18.1 Å². The number of anilines is 1. The largest absolute Gasteiger partial charge is 0.475 e. The molecule has 0 saturated heterocycles. The fraction of sp³-hybridized carbons (Fsp3) is 0.154. The maximum absolute atomic E-state index is 10.7. The molecule has 0 aliphatic rings. The van der Waals surface area contributed by atoms with Gasteiger partial charge in [-0.3, -0.25) is 0 Å². The first-order valence-corrected chi connectivity index (χ1v) is 6.00. The van der Waals surface area contributed by atoms with E-state index >= 15 is 0 Å². The second-order valence-electron chi connectivity index (χ2n) is 4.32. The smallest absolute Gasteiger partial charge is 0.371 e. The van der Waals surface area contributed by atoms with E-state index in [4.69, 9.17) is 9.52 Å². The fourth-order valence-corrected chi connectivity index (χ4v) is 1.94. The molecule has 0 unspecified atom stereocenters. The lowest BCUT2D eigenvalue weighted by Crippen LogP contribution is -2.02. The molecule has 3 heterocycles. The minimum atomic E-state index is -1.08. The topological polar surface area (TPSA) is 92.7 Å². The normalized spacial score (nSPS) is 10.8. The van der Waals surface area contributed by atoms with Gasteiger partial charge in [0.1, 0.15) is 11.3 Å². The number of aromatic carboxylic acids is 1. The molecule has 0 aliphatic carbocycles. The summed E-state index contributed by atoms with van der Waals surface area (Å²) in [5.41, 5.74) is 1.75. The lowest BCUT2D eigenvalue weighted by Gasteiger charge is -2.04. The molecule has 20 heavy (non-hydrogen) atoms. The molecule has 0 saturated carbocycles. The van der Waals surface area contributed by atoms with Crippen LogP contribution in [0.1, 0.15) is 22.0 Å². The van der Waals surface area contributed by atoms with Crippen LogP contribution in [0.2, 0.25) is 0 Å². The van der Waals surface area contributed by atoms with Gasteiger partial charge in [-0.15, -0.1) is 0 Å². The molecule has 0 amide bonds. The van der Waals surface area contributed by atoms with Gasteiger partial charge in [0, 0.05) is 12.4 Å². The first-order valence-electron chi connectivity index (χ1n) is 6.00. The highest BCUT2D eigenvalue weighted by molar-refractivity contribution is 5.84. The number of nitrogens with zero attached hydrogens (tertiary/aromatic N) is 3. The van der Waals surface area contributed by atoms with Gasteiger partial charge in [0.2, 0.25) is 5.76 Å². The van der Waals surface area contributed by atoms with Crippen molar-refractivity contribution in [1.82, 2.24) is 14.6 Å². The number of carbonyl (C=O) groups is 1. The highest BCUT2D eigenvalue weighted by atomic mass is 16.4. The summed E-state index contributed by atoms with van der Waals surface area (Å²) in [6.45, 7) is 2.26. The molecule has 0 bridgehead atoms. The lowest BCUT2D eigenvalue weighted by molar-refractivity contribution is 0.0660. The monoisotopic (exact) mass is 272 g/mol. The summed E-state index contributed by atoms with van der Waals surface area (Å²) in [7, 11) is 0. The Bertz CT molecular complexity index is 775. The van der Waals surface area contributed by atoms with Gasteiger partial charge in [-0.05, 0) is 25.1 Å². The molecule has 3 aromatic heterocycles. The van der Waals surface area contributed by atoms with E-state index in [1.807, 2.05) is 13.0 Å². The maximum Gasteiger partial charge on any atom is 0.371 e. The van der Waals surface area contributed by atoms with Crippen molar-refractivity contribution in [3.05, 3.63) is 47.8 Å². The number of aromatic nitrogens is 3. The molecule has 0 radical (unpaired) electrons. The number of hydrogen-bond acceptors (Lipinski definition) is 5. The first kappa shape index (κ1) is 12.2. The van der Waals surface area contributed by atoms with Crippen LogP contribution < -0.4 is 5.32 Å². The number of nitrogens with one attached hydrogen (secondary N) is 1. The number of carboxylic acids is 1. The van der Waals surface area contributed by atoms with Gasteiger partial charge >= 0.3 is 5.97 Å². The zero-order valence-corrected chi connectivity index (χ0v) is 10.7. The Kier molecular flexibility index (Phi) is 2.86. The van der Waals surface area contributed by atoms with Crippen molar-refractivity contribution in [3.8, 4) is 0 Å². The van der Waals surface area contributed by atoms with E-state index in [9.17, 15) is 4.79 Å². The molecule has 3 aromatic rings. The number of furan rings is 1. The molecule has 7 heteroatoms. The van der Waals surface area contributed by atoms with Crippen molar-refractivity contribution in [2.24, 2.45) is 0 Å². The molecule has 0 spiro atoms. The predicted octanol–water partition coefficient (Wildman–Crippen LogP) is 1.94. The van der Waals surface area contributed by atoms with Crippen molar-refractivity contribution >= 4 is 17.3 Å². The molecule has 2 N–H and O–H groups in total. The molecule has 102 valence electrons. The maximum atomic E-state index is 10.7. The number of aryl methyl sites for hydroxylation is 1. The Morgan fingerprint density at radius 3 is 3.10 bits per heavy atom. The summed E-state index contributed by atoms with van der Waals surface area (Å²) in [5.74, 6) is 0.0415. The van der Waals surface area contributed by atoms with Crippen LogP contribution in [-0.4, -0.2) is 25.7 Å². The highest BCUT2D eigenvalue weighted by Gasteiger charge is 2.10. The van der Waals surface area contributed by atoms with Crippen LogP contribution in [0.3, 0.4) is 0 Å². The lowest BCUT2D eigenvalue weighted by atomic mass is 10.4. The van der Waals surface area contributed by atoms with E-state index in [1.165, 1.54) is 6.07 Å². The number of hydrogen-bond donors (Lipinski definition) is 2. The third-order valence-corrected chi connectivity index (χ3v) is 2.81. The second kappa shape index (κ2) is 4.69. The Balaban J connectivity index is 1.81. The highest BCUT2D eigenvalue weighted by Crippen LogP contribution is 2.16. The Morgan fingerprint density at radius 1 is 1.50 bits per heavy atom. The van der Waals surface area contributed by atoms with Gasteiger partial charge in [0.05, 0.1) is 12.2 Å². The molecule has 0 aliphatic heterocycles. The zero-order chi connectivity index (χ0) is 14.1. The van der Waals surface area contributed by atoms with E-state index < -0.39 is 5.97 Å². The summed E-state index contributed by atoms with van der Waals surface area (Å²) >= 11 is 0. The quantitative estimate of drug-likeness (QED) is 0.754. The fourth-order valence-electron chi connectivity index (χ4n) is 1.94. The van der Waals surface area contributed by atoms with Crippen LogP contribution in [0.4, 0.5) is 5.82 Å². The third-order valence-electron chi connectivity index (χ3n) is 2.81. The van der Waals surface area contributed by atoms with Crippen LogP contribution in [0, 0.1) is 6.92 Å². The number of fused-ring (bicyclic) bond motifs is 1.